The fourth-order valence-electron chi connectivity index (χ4n) is 1.89. The minimum Gasteiger partial charge on any atom is -0.508 e. The summed E-state index contributed by atoms with van der Waals surface area (Å²) in [5, 5.41) is 19.0. The Hall–Kier alpha value is -2.59. The second kappa shape index (κ2) is 6.91. The molecule has 0 saturated carbocycles. The molecule has 2 rings (SSSR count). The summed E-state index contributed by atoms with van der Waals surface area (Å²) in [6.45, 7) is 0. The zero-order valence-electron chi connectivity index (χ0n) is 11.5. The van der Waals surface area contributed by atoms with Gasteiger partial charge in [0.25, 0.3) is 0 Å². The third kappa shape index (κ3) is 4.20. The minimum atomic E-state index is -1.07. The minimum absolute atomic E-state index is 0.138. The summed E-state index contributed by atoms with van der Waals surface area (Å²) in [5.74, 6) is -1.49. The van der Waals surface area contributed by atoms with Crippen LogP contribution in [0, 0.1) is 0 Å². The number of hydrogen-bond acceptors (Lipinski definition) is 3. The molecule has 0 spiro atoms. The van der Waals surface area contributed by atoms with Gasteiger partial charge in [-0.2, -0.15) is 0 Å². The number of aliphatic carboxylic acids is 1. The molecule has 2 aromatic rings. The van der Waals surface area contributed by atoms with Crippen molar-refractivity contribution in [2.24, 2.45) is 0 Å². The van der Waals surface area contributed by atoms with Crippen molar-refractivity contribution in [2.75, 3.05) is 0 Å². The van der Waals surface area contributed by atoms with Crippen LogP contribution in [0.2, 0.25) is 5.02 Å². The number of ketones is 1. The van der Waals surface area contributed by atoms with E-state index in [0.29, 0.717) is 10.6 Å². The molecule has 0 radical (unpaired) electrons. The Kier molecular flexibility index (Phi) is 4.96. The molecule has 22 heavy (non-hydrogen) atoms. The molecule has 2 aromatic carbocycles. The maximum Gasteiger partial charge on any atom is 0.307 e. The monoisotopic (exact) mass is 316 g/mol. The van der Waals surface area contributed by atoms with Crippen molar-refractivity contribution in [2.45, 2.75) is 6.42 Å². The average molecular weight is 317 g/mol. The molecule has 0 unspecified atom stereocenters. The number of allylic oxidation sites excluding steroid dienone is 1. The number of rotatable bonds is 5. The summed E-state index contributed by atoms with van der Waals surface area (Å²) >= 11 is 5.78. The van der Waals surface area contributed by atoms with E-state index in [1.54, 1.807) is 30.3 Å². The van der Waals surface area contributed by atoms with Gasteiger partial charge in [0, 0.05) is 16.1 Å². The van der Waals surface area contributed by atoms with Crippen LogP contribution in [0.5, 0.6) is 5.75 Å². The Bertz CT molecular complexity index is 733. The first-order valence-electron chi connectivity index (χ1n) is 6.47. The van der Waals surface area contributed by atoms with Crippen molar-refractivity contribution in [3.05, 3.63) is 70.3 Å². The van der Waals surface area contributed by atoms with E-state index in [4.69, 9.17) is 16.7 Å². The second-order valence-corrected chi connectivity index (χ2v) is 5.10. The molecule has 0 aromatic heterocycles. The van der Waals surface area contributed by atoms with Crippen molar-refractivity contribution in [1.29, 1.82) is 0 Å². The highest BCUT2D eigenvalue weighted by Crippen LogP contribution is 2.20. The van der Waals surface area contributed by atoms with E-state index in [-0.39, 0.29) is 23.5 Å². The normalized spacial score (nSPS) is 10.8. The number of phenolic OH excluding ortho intramolecular Hbond substituents is 1. The van der Waals surface area contributed by atoms with Gasteiger partial charge in [-0.25, -0.2) is 0 Å². The summed E-state index contributed by atoms with van der Waals surface area (Å²) in [6, 6.07) is 11.2. The summed E-state index contributed by atoms with van der Waals surface area (Å²) in [5.41, 5.74) is 1.35. The van der Waals surface area contributed by atoms with E-state index in [1.165, 1.54) is 24.3 Å². The van der Waals surface area contributed by atoms with Crippen molar-refractivity contribution >= 4 is 29.4 Å². The molecular weight excluding hydrogens is 304 g/mol. The smallest absolute Gasteiger partial charge is 0.307 e. The quantitative estimate of drug-likeness (QED) is 0.653. The predicted octanol–water partition coefficient (Wildman–Crippen LogP) is 3.57. The molecule has 0 saturated heterocycles. The standard InChI is InChI=1S/C17H13ClO4/c18-14-5-1-11(2-6-14)3-7-15(19)12-4-8-16(20)13(9-12)10-17(21)22/h1-9,20H,10H2,(H,21,22)/b7-3+. The SMILES string of the molecule is O=C(O)Cc1cc(C(=O)/C=C/c2ccc(Cl)cc2)ccc1O. The molecule has 0 amide bonds. The Morgan fingerprint density at radius 2 is 1.77 bits per heavy atom. The highest BCUT2D eigenvalue weighted by Gasteiger charge is 2.10. The van der Waals surface area contributed by atoms with Crippen LogP contribution >= 0.6 is 11.6 Å². The van der Waals surface area contributed by atoms with Crippen LogP contribution in [-0.2, 0) is 11.2 Å². The zero-order chi connectivity index (χ0) is 16.1. The number of hydrogen-bond donors (Lipinski definition) is 2. The number of carboxylic acid groups (broad SMARTS) is 1. The van der Waals surface area contributed by atoms with E-state index in [1.807, 2.05) is 0 Å². The maximum absolute atomic E-state index is 12.1. The molecule has 112 valence electrons. The largest absolute Gasteiger partial charge is 0.508 e. The Labute approximate surface area is 132 Å². The van der Waals surface area contributed by atoms with Gasteiger partial charge >= 0.3 is 5.97 Å². The van der Waals surface area contributed by atoms with Gasteiger partial charge in [-0.3, -0.25) is 9.59 Å². The third-order valence-electron chi connectivity index (χ3n) is 3.00. The molecule has 2 N–H and O–H groups in total. The molecular formula is C17H13ClO4. The van der Waals surface area contributed by atoms with E-state index in [0.717, 1.165) is 5.56 Å². The first-order chi connectivity index (χ1) is 10.5. The van der Waals surface area contributed by atoms with Crippen LogP contribution in [0.3, 0.4) is 0 Å². The lowest BCUT2D eigenvalue weighted by atomic mass is 10.0. The average Bonchev–Trinajstić information content (AvgIpc) is 2.48. The van der Waals surface area contributed by atoms with Gasteiger partial charge < -0.3 is 10.2 Å². The van der Waals surface area contributed by atoms with E-state index >= 15 is 0 Å². The summed E-state index contributed by atoms with van der Waals surface area (Å²) < 4.78 is 0. The number of phenols is 1. The molecule has 0 aliphatic rings. The van der Waals surface area contributed by atoms with Crippen LogP contribution in [-0.4, -0.2) is 22.0 Å². The van der Waals surface area contributed by atoms with Gasteiger partial charge in [-0.1, -0.05) is 29.8 Å². The van der Waals surface area contributed by atoms with Crippen LogP contribution in [0.15, 0.2) is 48.5 Å². The van der Waals surface area contributed by atoms with Gasteiger partial charge in [0.2, 0.25) is 0 Å². The first-order valence-corrected chi connectivity index (χ1v) is 6.85. The number of carbonyl (C=O) groups is 2. The van der Waals surface area contributed by atoms with Crippen LogP contribution < -0.4 is 0 Å². The highest BCUT2D eigenvalue weighted by molar-refractivity contribution is 6.30. The number of carbonyl (C=O) groups excluding carboxylic acids is 1. The number of aromatic hydroxyl groups is 1. The van der Waals surface area contributed by atoms with Gasteiger partial charge in [0.15, 0.2) is 5.78 Å². The van der Waals surface area contributed by atoms with Gasteiger partial charge in [0.1, 0.15) is 5.75 Å². The lowest BCUT2D eigenvalue weighted by Gasteiger charge is -2.04. The summed E-state index contributed by atoms with van der Waals surface area (Å²) in [4.78, 5) is 22.8. The van der Waals surface area contributed by atoms with Crippen molar-refractivity contribution < 1.29 is 19.8 Å². The Balaban J connectivity index is 2.18. The molecule has 0 fully saturated rings. The zero-order valence-corrected chi connectivity index (χ0v) is 12.2. The molecule has 0 aliphatic carbocycles. The summed E-state index contributed by atoms with van der Waals surface area (Å²) in [6.07, 6.45) is 2.69. The molecule has 4 nitrogen and oxygen atoms in total. The van der Waals surface area contributed by atoms with Crippen LogP contribution in [0.1, 0.15) is 21.5 Å². The fourth-order valence-corrected chi connectivity index (χ4v) is 2.01. The number of benzene rings is 2. The predicted molar refractivity (Wildman–Crippen MR) is 84.3 cm³/mol. The molecule has 0 atom stereocenters. The van der Waals surface area contributed by atoms with Crippen LogP contribution in [0.4, 0.5) is 0 Å². The molecule has 0 bridgehead atoms. The van der Waals surface area contributed by atoms with Crippen molar-refractivity contribution in [3.63, 3.8) is 0 Å². The Morgan fingerprint density at radius 1 is 1.09 bits per heavy atom. The highest BCUT2D eigenvalue weighted by atomic mass is 35.5. The first kappa shape index (κ1) is 15.8. The molecule has 5 heteroatoms. The lowest BCUT2D eigenvalue weighted by Crippen LogP contribution is -2.02. The van der Waals surface area contributed by atoms with Gasteiger partial charge in [0.05, 0.1) is 6.42 Å². The number of carboxylic acids is 1. The third-order valence-corrected chi connectivity index (χ3v) is 3.25. The summed E-state index contributed by atoms with van der Waals surface area (Å²) in [7, 11) is 0. The van der Waals surface area contributed by atoms with Gasteiger partial charge in [-0.05, 0) is 42.0 Å². The fraction of sp³-hybridized carbons (Fsp3) is 0.0588. The van der Waals surface area contributed by atoms with E-state index in [2.05, 4.69) is 0 Å². The van der Waals surface area contributed by atoms with Crippen LogP contribution in [0.25, 0.3) is 6.08 Å². The maximum atomic E-state index is 12.1. The van der Waals surface area contributed by atoms with E-state index in [9.17, 15) is 14.7 Å². The van der Waals surface area contributed by atoms with Gasteiger partial charge in [-0.15, -0.1) is 0 Å². The van der Waals surface area contributed by atoms with Crippen molar-refractivity contribution in [3.8, 4) is 5.75 Å². The Morgan fingerprint density at radius 3 is 2.41 bits per heavy atom. The van der Waals surface area contributed by atoms with E-state index < -0.39 is 5.97 Å². The molecule has 0 heterocycles. The topological polar surface area (TPSA) is 74.6 Å². The number of halogens is 1. The molecule has 0 aliphatic heterocycles. The lowest BCUT2D eigenvalue weighted by molar-refractivity contribution is -0.136. The van der Waals surface area contributed by atoms with Crippen molar-refractivity contribution in [1.82, 2.24) is 0 Å². The second-order valence-electron chi connectivity index (χ2n) is 4.66.